The molecular weight excluding hydrogens is 376 g/mol. The van der Waals surface area contributed by atoms with Crippen molar-refractivity contribution in [2.75, 3.05) is 0 Å². The quantitative estimate of drug-likeness (QED) is 0.579. The highest BCUT2D eigenvalue weighted by atomic mass is 16.5. The van der Waals surface area contributed by atoms with Gasteiger partial charge in [0.1, 0.15) is 6.10 Å². The number of hydrogen-bond donors (Lipinski definition) is 1. The molecule has 0 bridgehead atoms. The number of ether oxygens (including phenoxy) is 1. The minimum Gasteiger partial charge on any atom is -0.481 e. The molecule has 30 heavy (non-hydrogen) atoms. The van der Waals surface area contributed by atoms with E-state index in [4.69, 9.17) is 4.74 Å². The van der Waals surface area contributed by atoms with Crippen LogP contribution in [0.2, 0.25) is 0 Å². The first-order chi connectivity index (χ1) is 14.6. The van der Waals surface area contributed by atoms with Crippen molar-refractivity contribution in [1.82, 2.24) is 0 Å². The van der Waals surface area contributed by atoms with Crippen molar-refractivity contribution in [3.8, 4) is 0 Å². The fourth-order valence-electron chi connectivity index (χ4n) is 4.57. The third-order valence-corrected chi connectivity index (χ3v) is 6.04. The second kappa shape index (κ2) is 8.54. The van der Waals surface area contributed by atoms with Crippen molar-refractivity contribution < 1.29 is 19.4 Å². The molecule has 0 aliphatic heterocycles. The fourth-order valence-corrected chi connectivity index (χ4v) is 4.57. The highest BCUT2D eigenvalue weighted by Gasteiger charge is 2.59. The van der Waals surface area contributed by atoms with E-state index in [1.165, 1.54) is 0 Å². The molecule has 3 aromatic rings. The number of carbonyl (C=O) groups excluding carboxylic acids is 1. The molecule has 1 aliphatic carbocycles. The molecule has 0 radical (unpaired) electrons. The van der Waals surface area contributed by atoms with Crippen LogP contribution in [0.4, 0.5) is 0 Å². The van der Waals surface area contributed by atoms with E-state index < -0.39 is 35.7 Å². The number of esters is 1. The molecule has 4 heteroatoms. The number of carbonyl (C=O) groups is 2. The molecule has 4 nitrogen and oxygen atoms in total. The number of aliphatic carboxylic acids is 1. The van der Waals surface area contributed by atoms with Gasteiger partial charge in [0.15, 0.2) is 0 Å². The molecule has 3 atom stereocenters. The molecule has 1 N–H and O–H groups in total. The Morgan fingerprint density at radius 2 is 1.17 bits per heavy atom. The van der Waals surface area contributed by atoms with Crippen LogP contribution in [-0.2, 0) is 14.3 Å². The maximum absolute atomic E-state index is 13.3. The fraction of sp³-hybridized carbons (Fsp3) is 0.231. The lowest BCUT2D eigenvalue weighted by atomic mass is 9.52. The van der Waals surface area contributed by atoms with Crippen LogP contribution in [0.25, 0.3) is 0 Å². The van der Waals surface area contributed by atoms with Gasteiger partial charge in [0.2, 0.25) is 0 Å². The van der Waals surface area contributed by atoms with Crippen LogP contribution >= 0.6 is 0 Å². The molecule has 0 saturated heterocycles. The van der Waals surface area contributed by atoms with Crippen LogP contribution in [0.1, 0.15) is 41.6 Å². The van der Waals surface area contributed by atoms with Gasteiger partial charge in [0.25, 0.3) is 0 Å². The molecule has 0 aromatic heterocycles. The van der Waals surface area contributed by atoms with E-state index in [9.17, 15) is 14.7 Å². The minimum absolute atomic E-state index is 0.355. The average Bonchev–Trinajstić information content (AvgIpc) is 2.75. The summed E-state index contributed by atoms with van der Waals surface area (Å²) in [6.45, 7) is 1.84. The summed E-state index contributed by atoms with van der Waals surface area (Å²) in [7, 11) is 0. The number of rotatable bonds is 6. The van der Waals surface area contributed by atoms with E-state index in [0.29, 0.717) is 0 Å². The van der Waals surface area contributed by atoms with Crippen LogP contribution in [-0.4, -0.2) is 17.0 Å². The highest BCUT2D eigenvalue weighted by Crippen LogP contribution is 2.58. The van der Waals surface area contributed by atoms with Gasteiger partial charge in [-0.2, -0.15) is 0 Å². The molecule has 0 unspecified atom stereocenters. The zero-order valence-corrected chi connectivity index (χ0v) is 16.7. The van der Waals surface area contributed by atoms with Gasteiger partial charge in [-0.15, -0.1) is 0 Å². The van der Waals surface area contributed by atoms with Crippen LogP contribution in [0.3, 0.4) is 0 Å². The first-order valence-electron chi connectivity index (χ1n) is 10.2. The standard InChI is InChI=1S/C26H24O4/c1-17(18-11-5-2-6-12-18)30-26(29)24-21(19-13-7-3-8-14-19)23(25(27)28)22(24)20-15-9-4-10-16-20/h2-17,21-24H,1H3,(H,27,28)/t17-,21+,22+,23?,24?/m0/s1. The number of benzene rings is 3. The lowest BCUT2D eigenvalue weighted by Crippen LogP contribution is -2.51. The maximum Gasteiger partial charge on any atom is 0.310 e. The second-order valence-electron chi connectivity index (χ2n) is 7.75. The molecule has 0 spiro atoms. The Morgan fingerprint density at radius 3 is 1.60 bits per heavy atom. The molecule has 4 rings (SSSR count). The lowest BCUT2D eigenvalue weighted by Gasteiger charge is -2.49. The predicted molar refractivity (Wildman–Crippen MR) is 114 cm³/mol. The van der Waals surface area contributed by atoms with Crippen LogP contribution in [0.5, 0.6) is 0 Å². The summed E-state index contributed by atoms with van der Waals surface area (Å²) < 4.78 is 5.84. The molecule has 0 amide bonds. The zero-order chi connectivity index (χ0) is 21.1. The van der Waals surface area contributed by atoms with Gasteiger partial charge in [-0.05, 0) is 23.6 Å². The number of hydrogen-bond acceptors (Lipinski definition) is 3. The topological polar surface area (TPSA) is 63.6 Å². The van der Waals surface area contributed by atoms with Crippen LogP contribution < -0.4 is 0 Å². The summed E-state index contributed by atoms with van der Waals surface area (Å²) in [6, 6.07) is 28.4. The molecule has 1 fully saturated rings. The average molecular weight is 400 g/mol. The number of carboxylic acids is 1. The number of carboxylic acid groups (broad SMARTS) is 1. The van der Waals surface area contributed by atoms with Crippen molar-refractivity contribution in [3.63, 3.8) is 0 Å². The summed E-state index contributed by atoms with van der Waals surface area (Å²) >= 11 is 0. The van der Waals surface area contributed by atoms with Gasteiger partial charge in [0.05, 0.1) is 11.8 Å². The first-order valence-corrected chi connectivity index (χ1v) is 10.2. The van der Waals surface area contributed by atoms with E-state index in [2.05, 4.69) is 0 Å². The Labute approximate surface area is 176 Å². The SMILES string of the molecule is C[C@H](OC(=O)C1[C@H](c2ccccc2)C(C(=O)O)[C@H]1c1ccccc1)c1ccccc1. The monoisotopic (exact) mass is 400 g/mol. The summed E-state index contributed by atoms with van der Waals surface area (Å²) in [5.74, 6) is -3.33. The van der Waals surface area contributed by atoms with Gasteiger partial charge >= 0.3 is 11.9 Å². The summed E-state index contributed by atoms with van der Waals surface area (Å²) in [6.07, 6.45) is -0.407. The molecule has 1 aliphatic rings. The van der Waals surface area contributed by atoms with Gasteiger partial charge in [-0.1, -0.05) is 91.0 Å². The largest absolute Gasteiger partial charge is 0.481 e. The third kappa shape index (κ3) is 3.73. The second-order valence-corrected chi connectivity index (χ2v) is 7.75. The van der Waals surface area contributed by atoms with Crippen molar-refractivity contribution in [1.29, 1.82) is 0 Å². The Kier molecular flexibility index (Phi) is 5.66. The Balaban J connectivity index is 1.68. The Morgan fingerprint density at radius 1 is 0.733 bits per heavy atom. The summed E-state index contributed by atoms with van der Waals surface area (Å²) in [4.78, 5) is 25.5. The van der Waals surface area contributed by atoms with Crippen molar-refractivity contribution >= 4 is 11.9 Å². The van der Waals surface area contributed by atoms with Crippen LogP contribution in [0.15, 0.2) is 91.0 Å². The first kappa shape index (κ1) is 19.9. The molecule has 3 aromatic carbocycles. The minimum atomic E-state index is -0.891. The van der Waals surface area contributed by atoms with E-state index >= 15 is 0 Å². The molecule has 1 saturated carbocycles. The lowest BCUT2D eigenvalue weighted by molar-refractivity contribution is -0.167. The van der Waals surface area contributed by atoms with Crippen LogP contribution in [0, 0.1) is 11.8 Å². The third-order valence-electron chi connectivity index (χ3n) is 6.04. The van der Waals surface area contributed by atoms with Crippen molar-refractivity contribution in [3.05, 3.63) is 108 Å². The van der Waals surface area contributed by atoms with Crippen molar-refractivity contribution in [2.45, 2.75) is 24.9 Å². The Hall–Kier alpha value is -3.40. The highest BCUT2D eigenvalue weighted by molar-refractivity contribution is 5.84. The van der Waals surface area contributed by atoms with Gasteiger partial charge in [-0.25, -0.2) is 0 Å². The smallest absolute Gasteiger partial charge is 0.310 e. The maximum atomic E-state index is 13.3. The summed E-state index contributed by atoms with van der Waals surface area (Å²) in [5, 5.41) is 10.0. The Bertz CT molecular complexity index is 953. The van der Waals surface area contributed by atoms with Crippen molar-refractivity contribution in [2.24, 2.45) is 11.8 Å². The van der Waals surface area contributed by atoms with Gasteiger partial charge in [-0.3, -0.25) is 9.59 Å². The van der Waals surface area contributed by atoms with E-state index in [1.807, 2.05) is 97.9 Å². The van der Waals surface area contributed by atoms with E-state index in [1.54, 1.807) is 0 Å². The molecule has 0 heterocycles. The van der Waals surface area contributed by atoms with E-state index in [0.717, 1.165) is 16.7 Å². The van der Waals surface area contributed by atoms with Gasteiger partial charge in [0, 0.05) is 11.8 Å². The summed E-state index contributed by atoms with van der Waals surface area (Å²) in [5.41, 5.74) is 2.62. The van der Waals surface area contributed by atoms with Gasteiger partial charge < -0.3 is 9.84 Å². The molecular formula is C26H24O4. The molecule has 152 valence electrons. The normalized spacial score (nSPS) is 23.8. The zero-order valence-electron chi connectivity index (χ0n) is 16.7. The van der Waals surface area contributed by atoms with E-state index in [-0.39, 0.29) is 5.97 Å². The predicted octanol–water partition coefficient (Wildman–Crippen LogP) is 5.19.